The third-order valence-electron chi connectivity index (χ3n) is 2.57. The van der Waals surface area contributed by atoms with E-state index in [2.05, 4.69) is 15.5 Å². The van der Waals surface area contributed by atoms with Crippen molar-refractivity contribution in [3.8, 4) is 0 Å². The SMILES string of the molecule is COCc1cccc2ccc3nnnn3c12. The van der Waals surface area contributed by atoms with E-state index in [1.807, 2.05) is 30.3 Å². The number of fused-ring (bicyclic) bond motifs is 3. The lowest BCUT2D eigenvalue weighted by Gasteiger charge is -2.06. The predicted molar refractivity (Wildman–Crippen MR) is 59.0 cm³/mol. The van der Waals surface area contributed by atoms with Gasteiger partial charge in [0, 0.05) is 18.1 Å². The molecule has 0 radical (unpaired) electrons. The standard InChI is InChI=1S/C11H10N4O/c1-16-7-9-4-2-3-8-5-6-10-12-13-14-15(10)11(8)9/h2-6H,7H2,1H3. The quantitative estimate of drug-likeness (QED) is 0.647. The fourth-order valence-electron chi connectivity index (χ4n) is 1.90. The molecule has 0 saturated carbocycles. The number of methoxy groups -OCH3 is 1. The van der Waals surface area contributed by atoms with Crippen molar-refractivity contribution in [2.45, 2.75) is 6.61 Å². The molecule has 0 amide bonds. The van der Waals surface area contributed by atoms with Crippen LogP contribution in [0.5, 0.6) is 0 Å². The average molecular weight is 214 g/mol. The Bertz CT molecular complexity index is 647. The normalized spacial score (nSPS) is 11.3. The summed E-state index contributed by atoms with van der Waals surface area (Å²) in [6.07, 6.45) is 0. The van der Waals surface area contributed by atoms with Crippen molar-refractivity contribution >= 4 is 16.6 Å². The third-order valence-corrected chi connectivity index (χ3v) is 2.57. The van der Waals surface area contributed by atoms with Crippen LogP contribution in [0.15, 0.2) is 30.3 Å². The van der Waals surface area contributed by atoms with Crippen LogP contribution in [-0.4, -0.2) is 27.2 Å². The minimum atomic E-state index is 0.552. The van der Waals surface area contributed by atoms with E-state index < -0.39 is 0 Å². The summed E-state index contributed by atoms with van der Waals surface area (Å²) in [7, 11) is 1.68. The Morgan fingerprint density at radius 3 is 3.06 bits per heavy atom. The molecule has 3 aromatic rings. The molecule has 0 spiro atoms. The lowest BCUT2D eigenvalue weighted by molar-refractivity contribution is 0.185. The van der Waals surface area contributed by atoms with Gasteiger partial charge in [0.2, 0.25) is 0 Å². The summed E-state index contributed by atoms with van der Waals surface area (Å²) in [4.78, 5) is 0. The van der Waals surface area contributed by atoms with Gasteiger partial charge in [-0.05, 0) is 22.6 Å². The molecule has 0 N–H and O–H groups in total. The molecule has 0 aliphatic rings. The predicted octanol–water partition coefficient (Wildman–Crippen LogP) is 1.42. The summed E-state index contributed by atoms with van der Waals surface area (Å²) in [6, 6.07) is 9.98. The second-order valence-electron chi connectivity index (χ2n) is 3.57. The molecule has 1 aromatic carbocycles. The summed E-state index contributed by atoms with van der Waals surface area (Å²) in [5, 5.41) is 12.7. The molecule has 3 rings (SSSR count). The highest BCUT2D eigenvalue weighted by Crippen LogP contribution is 2.19. The van der Waals surface area contributed by atoms with Crippen LogP contribution in [0.3, 0.4) is 0 Å². The molecule has 5 nitrogen and oxygen atoms in total. The molecule has 80 valence electrons. The van der Waals surface area contributed by atoms with Gasteiger partial charge in [-0.1, -0.05) is 18.2 Å². The van der Waals surface area contributed by atoms with E-state index in [9.17, 15) is 0 Å². The van der Waals surface area contributed by atoms with Crippen LogP contribution in [0.1, 0.15) is 5.56 Å². The van der Waals surface area contributed by atoms with Gasteiger partial charge in [0.15, 0.2) is 5.65 Å². The Hall–Kier alpha value is -2.01. The fraction of sp³-hybridized carbons (Fsp3) is 0.182. The maximum Gasteiger partial charge on any atom is 0.179 e. The fourth-order valence-corrected chi connectivity index (χ4v) is 1.90. The van der Waals surface area contributed by atoms with Crippen LogP contribution in [0.2, 0.25) is 0 Å². The van der Waals surface area contributed by atoms with Gasteiger partial charge in [-0.15, -0.1) is 5.10 Å². The molecule has 0 saturated heterocycles. The van der Waals surface area contributed by atoms with E-state index in [-0.39, 0.29) is 0 Å². The molecule has 0 aliphatic carbocycles. The summed E-state index contributed by atoms with van der Waals surface area (Å²) in [6.45, 7) is 0.552. The minimum Gasteiger partial charge on any atom is -0.380 e. The van der Waals surface area contributed by atoms with Gasteiger partial charge in [-0.3, -0.25) is 0 Å². The van der Waals surface area contributed by atoms with Crippen molar-refractivity contribution in [1.82, 2.24) is 20.0 Å². The lowest BCUT2D eigenvalue weighted by Crippen LogP contribution is -1.97. The zero-order valence-electron chi connectivity index (χ0n) is 8.79. The first-order valence-electron chi connectivity index (χ1n) is 4.98. The number of ether oxygens (including phenoxy) is 1. The molecular formula is C11H10N4O. The van der Waals surface area contributed by atoms with E-state index in [0.717, 1.165) is 22.1 Å². The van der Waals surface area contributed by atoms with Crippen LogP contribution >= 0.6 is 0 Å². The van der Waals surface area contributed by atoms with E-state index in [0.29, 0.717) is 6.61 Å². The minimum absolute atomic E-state index is 0.552. The van der Waals surface area contributed by atoms with Crippen LogP contribution in [0, 0.1) is 0 Å². The van der Waals surface area contributed by atoms with Crippen molar-refractivity contribution in [2.24, 2.45) is 0 Å². The highest BCUT2D eigenvalue weighted by atomic mass is 16.5. The largest absolute Gasteiger partial charge is 0.380 e. The van der Waals surface area contributed by atoms with Crippen LogP contribution < -0.4 is 0 Å². The van der Waals surface area contributed by atoms with E-state index in [4.69, 9.17) is 4.74 Å². The second kappa shape index (κ2) is 3.53. The summed E-state index contributed by atoms with van der Waals surface area (Å²) in [5.41, 5.74) is 2.83. The van der Waals surface area contributed by atoms with Crippen molar-refractivity contribution in [3.05, 3.63) is 35.9 Å². The highest BCUT2D eigenvalue weighted by molar-refractivity contribution is 5.84. The Morgan fingerprint density at radius 2 is 2.19 bits per heavy atom. The number of hydrogen-bond acceptors (Lipinski definition) is 4. The number of aromatic nitrogens is 4. The molecule has 5 heteroatoms. The van der Waals surface area contributed by atoms with Crippen molar-refractivity contribution in [3.63, 3.8) is 0 Å². The van der Waals surface area contributed by atoms with Gasteiger partial charge in [0.25, 0.3) is 0 Å². The molecule has 0 bridgehead atoms. The highest BCUT2D eigenvalue weighted by Gasteiger charge is 2.06. The number of rotatable bonds is 2. The average Bonchev–Trinajstić information content (AvgIpc) is 2.77. The van der Waals surface area contributed by atoms with Gasteiger partial charge >= 0.3 is 0 Å². The number of tetrazole rings is 1. The van der Waals surface area contributed by atoms with Gasteiger partial charge in [-0.2, -0.15) is 4.52 Å². The van der Waals surface area contributed by atoms with E-state index >= 15 is 0 Å². The molecular weight excluding hydrogens is 204 g/mol. The number of hydrogen-bond donors (Lipinski definition) is 0. The first kappa shape index (κ1) is 9.23. The van der Waals surface area contributed by atoms with Gasteiger partial charge in [0.1, 0.15) is 0 Å². The van der Waals surface area contributed by atoms with Gasteiger partial charge in [0.05, 0.1) is 12.1 Å². The molecule has 0 aliphatic heterocycles. The Kier molecular flexibility index (Phi) is 2.04. The Balaban J connectivity index is 2.44. The topological polar surface area (TPSA) is 52.3 Å². The smallest absolute Gasteiger partial charge is 0.179 e. The Labute approximate surface area is 91.6 Å². The number of para-hydroxylation sites is 1. The maximum absolute atomic E-state index is 5.18. The second-order valence-corrected chi connectivity index (χ2v) is 3.57. The molecule has 0 unspecified atom stereocenters. The number of pyridine rings is 1. The van der Waals surface area contributed by atoms with Crippen molar-refractivity contribution in [1.29, 1.82) is 0 Å². The van der Waals surface area contributed by atoms with Crippen LogP contribution in [0.25, 0.3) is 16.6 Å². The first-order chi connectivity index (χ1) is 7.90. The monoisotopic (exact) mass is 214 g/mol. The van der Waals surface area contributed by atoms with Crippen LogP contribution in [0.4, 0.5) is 0 Å². The van der Waals surface area contributed by atoms with Crippen molar-refractivity contribution in [2.75, 3.05) is 7.11 Å². The summed E-state index contributed by atoms with van der Waals surface area (Å²) in [5.74, 6) is 0. The Morgan fingerprint density at radius 1 is 1.25 bits per heavy atom. The van der Waals surface area contributed by atoms with Crippen molar-refractivity contribution < 1.29 is 4.74 Å². The van der Waals surface area contributed by atoms with E-state index in [1.54, 1.807) is 11.6 Å². The third kappa shape index (κ3) is 1.25. The van der Waals surface area contributed by atoms with E-state index in [1.165, 1.54) is 0 Å². The zero-order valence-corrected chi connectivity index (χ0v) is 8.79. The number of nitrogens with zero attached hydrogens (tertiary/aromatic N) is 4. The number of benzene rings is 1. The summed E-state index contributed by atoms with van der Waals surface area (Å²) >= 11 is 0. The molecule has 2 heterocycles. The molecule has 0 fully saturated rings. The molecule has 16 heavy (non-hydrogen) atoms. The first-order valence-corrected chi connectivity index (χ1v) is 4.98. The van der Waals surface area contributed by atoms with Gasteiger partial charge < -0.3 is 4.74 Å². The lowest BCUT2D eigenvalue weighted by atomic mass is 10.1. The van der Waals surface area contributed by atoms with Crippen LogP contribution in [-0.2, 0) is 11.3 Å². The summed E-state index contributed by atoms with van der Waals surface area (Å²) < 4.78 is 6.92. The van der Waals surface area contributed by atoms with Gasteiger partial charge in [-0.25, -0.2) is 0 Å². The zero-order chi connectivity index (χ0) is 11.0. The maximum atomic E-state index is 5.18. The molecule has 0 atom stereocenters. The molecule has 2 aromatic heterocycles.